The van der Waals surface area contributed by atoms with E-state index in [-0.39, 0.29) is 17.8 Å². The lowest BCUT2D eigenvalue weighted by Crippen LogP contribution is -2.31. The van der Waals surface area contributed by atoms with Gasteiger partial charge in [-0.15, -0.1) is 0 Å². The van der Waals surface area contributed by atoms with E-state index >= 15 is 0 Å². The average molecular weight is 651 g/mol. The van der Waals surface area contributed by atoms with Crippen molar-refractivity contribution in [1.29, 1.82) is 0 Å². The van der Waals surface area contributed by atoms with Gasteiger partial charge in [0.2, 0.25) is 5.91 Å². The van der Waals surface area contributed by atoms with Gasteiger partial charge in [0, 0.05) is 70.5 Å². The van der Waals surface area contributed by atoms with Crippen molar-refractivity contribution in [2.75, 3.05) is 52.6 Å². The van der Waals surface area contributed by atoms with Crippen LogP contribution in [0, 0.1) is 0 Å². The molecule has 0 spiro atoms. The maximum atomic E-state index is 10.5. The van der Waals surface area contributed by atoms with Gasteiger partial charge in [-0.05, 0) is 70.8 Å². The first-order chi connectivity index (χ1) is 22.3. The van der Waals surface area contributed by atoms with Crippen LogP contribution in [0.3, 0.4) is 0 Å². The molecular formula is C34H58N4O8. The molecule has 0 unspecified atom stereocenters. The summed E-state index contributed by atoms with van der Waals surface area (Å²) in [4.78, 5) is 51.5. The van der Waals surface area contributed by atoms with Gasteiger partial charge >= 0.3 is 6.09 Å². The Bertz CT molecular complexity index is 749. The van der Waals surface area contributed by atoms with Crippen LogP contribution in [0.25, 0.3) is 0 Å². The van der Waals surface area contributed by atoms with Crippen molar-refractivity contribution in [1.82, 2.24) is 21.3 Å². The fraction of sp³-hybridized carbons (Fsp3) is 0.735. The number of carbonyl (C=O) groups is 5. The number of carbonyl (C=O) groups excluding carboxylic acids is 5. The molecular weight excluding hydrogens is 592 g/mol. The molecule has 0 bridgehead atoms. The Hall–Kier alpha value is -3.41. The number of cyclic esters (lactones) is 1. The number of nitrogens with one attached hydrogen (secondary N) is 4. The molecule has 0 aromatic rings. The molecule has 4 N–H and O–H groups in total. The average Bonchev–Trinajstić information content (AvgIpc) is 3.86. The predicted molar refractivity (Wildman–Crippen MR) is 177 cm³/mol. The van der Waals surface area contributed by atoms with E-state index in [9.17, 15) is 24.0 Å². The Kier molecular flexibility index (Phi) is 24.6. The van der Waals surface area contributed by atoms with Gasteiger partial charge in [-0.1, -0.05) is 13.0 Å². The summed E-state index contributed by atoms with van der Waals surface area (Å²) < 4.78 is 14.2. The molecule has 262 valence electrons. The molecule has 7 aliphatic rings. The Morgan fingerprint density at radius 3 is 1.30 bits per heavy atom. The molecule has 0 radical (unpaired) electrons. The van der Waals surface area contributed by atoms with Crippen LogP contribution in [0.15, 0.2) is 24.7 Å². The quantitative estimate of drug-likeness (QED) is 0.296. The van der Waals surface area contributed by atoms with Gasteiger partial charge in [0.15, 0.2) is 11.7 Å². The predicted octanol–water partition coefficient (Wildman–Crippen LogP) is 4.38. The van der Waals surface area contributed by atoms with E-state index in [0.29, 0.717) is 30.7 Å². The summed E-state index contributed by atoms with van der Waals surface area (Å²) in [6, 6.07) is 0. The fourth-order valence-corrected chi connectivity index (χ4v) is 4.62. The summed E-state index contributed by atoms with van der Waals surface area (Å²) in [6.07, 6.45) is 16.9. The normalized spacial score (nSPS) is 21.4. The second-order valence-electron chi connectivity index (χ2n) is 11.6. The zero-order valence-corrected chi connectivity index (χ0v) is 27.9. The number of hydrogen-bond donors (Lipinski definition) is 4. The SMILES string of the molecule is C=C1CCCN1.C=C1NCCO1.O=C1CCCC1.O=C1CCCCC1.O=C1CCCCN1.O=C1CCCOC1.O=C1NCCCO1. The van der Waals surface area contributed by atoms with Crippen LogP contribution in [0.2, 0.25) is 0 Å². The zero-order valence-electron chi connectivity index (χ0n) is 27.9. The van der Waals surface area contributed by atoms with Gasteiger partial charge in [-0.25, -0.2) is 4.79 Å². The summed E-state index contributed by atoms with van der Waals surface area (Å²) in [5, 5.41) is 11.3. The summed E-state index contributed by atoms with van der Waals surface area (Å²) in [5.74, 6) is 2.08. The van der Waals surface area contributed by atoms with Gasteiger partial charge in [-0.2, -0.15) is 0 Å². The Labute approximate surface area is 275 Å². The highest BCUT2D eigenvalue weighted by Gasteiger charge is 2.08. The standard InChI is InChI=1S/C6H10O.C5H9NO.C5H9N.C5H8O2.C5H8O.C4H7NO2.C4H7NO/c7-6-4-2-1-3-5-6;7-5-3-1-2-4-6-5;1-5-3-2-4-6-5;6-5-2-1-3-7-4-5;6-5-3-1-2-4-5;6-4-5-2-1-3-7-4;1-4-5-2-3-6-4/h1-5H2;1-4H2,(H,6,7);6H,1-4H2;1-4H2;1-4H2;1-3H2,(H,5,6);5H,1-3H2. The van der Waals surface area contributed by atoms with E-state index in [0.717, 1.165) is 129 Å². The number of amides is 2. The van der Waals surface area contributed by atoms with Crippen LogP contribution in [0.1, 0.15) is 109 Å². The van der Waals surface area contributed by atoms with Crippen molar-refractivity contribution >= 4 is 29.4 Å². The molecule has 2 aliphatic carbocycles. The molecule has 5 heterocycles. The Balaban J connectivity index is 0.000000269. The minimum Gasteiger partial charge on any atom is -0.478 e. The fourth-order valence-electron chi connectivity index (χ4n) is 4.62. The van der Waals surface area contributed by atoms with Crippen LogP contribution in [0.5, 0.6) is 0 Å². The van der Waals surface area contributed by atoms with Crippen LogP contribution in [0.4, 0.5) is 4.79 Å². The van der Waals surface area contributed by atoms with Crippen LogP contribution in [-0.2, 0) is 33.4 Å². The Morgan fingerprint density at radius 2 is 1.07 bits per heavy atom. The van der Waals surface area contributed by atoms with Crippen molar-refractivity contribution in [3.63, 3.8) is 0 Å². The molecule has 5 saturated heterocycles. The van der Waals surface area contributed by atoms with Crippen molar-refractivity contribution in [3.8, 4) is 0 Å². The molecule has 7 fully saturated rings. The van der Waals surface area contributed by atoms with Gasteiger partial charge in [0.1, 0.15) is 24.8 Å². The first kappa shape index (κ1) is 40.6. The van der Waals surface area contributed by atoms with Crippen LogP contribution < -0.4 is 21.3 Å². The number of ketones is 3. The summed E-state index contributed by atoms with van der Waals surface area (Å²) >= 11 is 0. The second kappa shape index (κ2) is 27.9. The number of alkyl carbamates (subject to hydrolysis) is 1. The molecule has 46 heavy (non-hydrogen) atoms. The molecule has 0 aromatic carbocycles. The number of hydrogen-bond acceptors (Lipinski definition) is 10. The van der Waals surface area contributed by atoms with Gasteiger partial charge in [0.25, 0.3) is 0 Å². The molecule has 12 nitrogen and oxygen atoms in total. The molecule has 0 atom stereocenters. The lowest BCUT2D eigenvalue weighted by Gasteiger charge is -2.10. The van der Waals surface area contributed by atoms with E-state index < -0.39 is 0 Å². The first-order valence-electron chi connectivity index (χ1n) is 17.0. The molecule has 2 saturated carbocycles. The van der Waals surface area contributed by atoms with Gasteiger partial charge in [-0.3, -0.25) is 19.2 Å². The van der Waals surface area contributed by atoms with E-state index in [4.69, 9.17) is 9.47 Å². The number of allylic oxidation sites excluding steroid dienone is 1. The zero-order chi connectivity index (χ0) is 33.7. The second-order valence-corrected chi connectivity index (χ2v) is 11.6. The lowest BCUT2D eigenvalue weighted by atomic mass is 10.00. The lowest BCUT2D eigenvalue weighted by molar-refractivity contribution is -0.127. The van der Waals surface area contributed by atoms with Crippen LogP contribution in [-0.4, -0.2) is 82.0 Å². The smallest absolute Gasteiger partial charge is 0.407 e. The number of Topliss-reactive ketones (excluding diaryl/α,β-unsaturated/α-hetero) is 3. The van der Waals surface area contributed by atoms with Gasteiger partial charge in [0.05, 0.1) is 13.2 Å². The number of ether oxygens (including phenoxy) is 3. The summed E-state index contributed by atoms with van der Waals surface area (Å²) in [7, 11) is 0. The monoisotopic (exact) mass is 650 g/mol. The van der Waals surface area contributed by atoms with Crippen molar-refractivity contribution in [3.05, 3.63) is 24.7 Å². The van der Waals surface area contributed by atoms with E-state index in [1.165, 1.54) is 25.0 Å². The van der Waals surface area contributed by atoms with E-state index in [1.54, 1.807) is 0 Å². The minimum absolute atomic E-state index is 0.214. The molecule has 2 amide bonds. The van der Waals surface area contributed by atoms with Crippen LogP contribution >= 0.6 is 0 Å². The third-order valence-corrected chi connectivity index (χ3v) is 7.29. The molecule has 5 aliphatic heterocycles. The summed E-state index contributed by atoms with van der Waals surface area (Å²) in [6.45, 7) is 13.4. The van der Waals surface area contributed by atoms with Crippen molar-refractivity contribution in [2.24, 2.45) is 0 Å². The van der Waals surface area contributed by atoms with Crippen molar-refractivity contribution < 1.29 is 38.2 Å². The van der Waals surface area contributed by atoms with Crippen molar-refractivity contribution in [2.45, 2.75) is 109 Å². The maximum absolute atomic E-state index is 10.5. The number of rotatable bonds is 0. The molecule has 7 rings (SSSR count). The maximum Gasteiger partial charge on any atom is 0.407 e. The van der Waals surface area contributed by atoms with E-state index in [1.807, 2.05) is 0 Å². The van der Waals surface area contributed by atoms with Gasteiger partial charge < -0.3 is 35.5 Å². The topological polar surface area (TPSA) is 161 Å². The minimum atomic E-state index is -0.286. The summed E-state index contributed by atoms with van der Waals surface area (Å²) in [5.41, 5.74) is 1.20. The first-order valence-corrected chi connectivity index (χ1v) is 17.0. The number of piperidine rings is 1. The van der Waals surface area contributed by atoms with E-state index in [2.05, 4.69) is 39.2 Å². The highest BCUT2D eigenvalue weighted by atomic mass is 16.5. The third kappa shape index (κ3) is 25.9. The molecule has 12 heteroatoms. The Morgan fingerprint density at radius 1 is 0.457 bits per heavy atom. The molecule has 0 aromatic heterocycles. The highest BCUT2D eigenvalue weighted by molar-refractivity contribution is 5.80. The third-order valence-electron chi connectivity index (χ3n) is 7.29. The highest BCUT2D eigenvalue weighted by Crippen LogP contribution is 2.12. The largest absolute Gasteiger partial charge is 0.478 e.